The SMILES string of the molecule is O=C1NC[C@@H]2CN(C(=O)O)C[C@H]2c2ccc(-c3ccsc3Cl)cc21. The molecule has 2 aliphatic heterocycles. The first-order valence-corrected chi connectivity index (χ1v) is 8.93. The number of fused-ring (bicyclic) bond motifs is 3. The first-order valence-electron chi connectivity index (χ1n) is 7.68. The normalized spacial score (nSPS) is 22.5. The molecule has 2 aromatic rings. The predicted octanol–water partition coefficient (Wildman–Crippen LogP) is 3.51. The highest BCUT2D eigenvalue weighted by Gasteiger charge is 2.39. The Morgan fingerprint density at radius 3 is 2.83 bits per heavy atom. The molecule has 2 N–H and O–H groups in total. The van der Waals surface area contributed by atoms with Crippen molar-refractivity contribution < 1.29 is 14.7 Å². The molecule has 7 heteroatoms. The molecule has 1 aromatic carbocycles. The summed E-state index contributed by atoms with van der Waals surface area (Å²) >= 11 is 7.67. The smallest absolute Gasteiger partial charge is 0.407 e. The second-order valence-electron chi connectivity index (χ2n) is 6.17. The number of benzene rings is 1. The third kappa shape index (κ3) is 2.46. The van der Waals surface area contributed by atoms with E-state index in [0.717, 1.165) is 16.7 Å². The Hall–Kier alpha value is -2.05. The van der Waals surface area contributed by atoms with E-state index in [2.05, 4.69) is 5.32 Å². The van der Waals surface area contributed by atoms with E-state index in [1.165, 1.54) is 16.2 Å². The van der Waals surface area contributed by atoms with Gasteiger partial charge in [0.05, 0.1) is 0 Å². The Morgan fingerprint density at radius 2 is 2.12 bits per heavy atom. The lowest BCUT2D eigenvalue weighted by Gasteiger charge is -2.16. The number of halogens is 1. The molecule has 4 rings (SSSR count). The van der Waals surface area contributed by atoms with E-state index in [1.54, 1.807) is 0 Å². The van der Waals surface area contributed by atoms with Crippen LogP contribution in [0.4, 0.5) is 4.79 Å². The van der Waals surface area contributed by atoms with E-state index in [4.69, 9.17) is 11.6 Å². The van der Waals surface area contributed by atoms with Crippen molar-refractivity contribution in [1.82, 2.24) is 10.2 Å². The molecule has 124 valence electrons. The van der Waals surface area contributed by atoms with E-state index in [0.29, 0.717) is 29.5 Å². The van der Waals surface area contributed by atoms with Crippen LogP contribution in [0, 0.1) is 5.92 Å². The van der Waals surface area contributed by atoms with Crippen LogP contribution in [0.25, 0.3) is 11.1 Å². The molecule has 2 atom stereocenters. The minimum Gasteiger partial charge on any atom is -0.465 e. The Kier molecular flexibility index (Phi) is 3.73. The van der Waals surface area contributed by atoms with E-state index in [9.17, 15) is 14.7 Å². The van der Waals surface area contributed by atoms with Crippen molar-refractivity contribution in [3.8, 4) is 11.1 Å². The number of nitrogens with zero attached hydrogens (tertiary/aromatic N) is 1. The van der Waals surface area contributed by atoms with E-state index < -0.39 is 6.09 Å². The quantitative estimate of drug-likeness (QED) is 0.815. The summed E-state index contributed by atoms with van der Waals surface area (Å²) in [5.41, 5.74) is 3.36. The maximum absolute atomic E-state index is 12.5. The van der Waals surface area contributed by atoms with Gasteiger partial charge in [0, 0.05) is 42.6 Å². The Morgan fingerprint density at radius 1 is 1.29 bits per heavy atom. The van der Waals surface area contributed by atoms with Crippen molar-refractivity contribution >= 4 is 34.9 Å². The van der Waals surface area contributed by atoms with Crippen molar-refractivity contribution in [1.29, 1.82) is 0 Å². The molecule has 0 saturated carbocycles. The van der Waals surface area contributed by atoms with Crippen LogP contribution in [0.1, 0.15) is 21.8 Å². The lowest BCUT2D eigenvalue weighted by Crippen LogP contribution is -2.31. The fourth-order valence-electron chi connectivity index (χ4n) is 3.65. The minimum atomic E-state index is -0.905. The summed E-state index contributed by atoms with van der Waals surface area (Å²) in [5.74, 6) is 0.0541. The molecular weight excluding hydrogens is 348 g/mol. The summed E-state index contributed by atoms with van der Waals surface area (Å²) in [4.78, 5) is 25.2. The average Bonchev–Trinajstić information content (AvgIpc) is 3.15. The van der Waals surface area contributed by atoms with Crippen LogP contribution in [0.5, 0.6) is 0 Å². The van der Waals surface area contributed by atoms with Gasteiger partial charge in [-0.15, -0.1) is 11.3 Å². The summed E-state index contributed by atoms with van der Waals surface area (Å²) in [6.07, 6.45) is -0.905. The predicted molar refractivity (Wildman–Crippen MR) is 92.9 cm³/mol. The van der Waals surface area contributed by atoms with Gasteiger partial charge in [-0.05, 0) is 28.6 Å². The van der Waals surface area contributed by atoms with Gasteiger partial charge in [0.25, 0.3) is 5.91 Å². The van der Waals surface area contributed by atoms with Crippen molar-refractivity contribution in [3.63, 3.8) is 0 Å². The summed E-state index contributed by atoms with van der Waals surface area (Å²) in [5, 5.41) is 14.1. The summed E-state index contributed by atoms with van der Waals surface area (Å²) < 4.78 is 0.694. The number of rotatable bonds is 1. The number of nitrogens with one attached hydrogen (secondary N) is 1. The summed E-state index contributed by atoms with van der Waals surface area (Å²) in [6, 6.07) is 7.72. The van der Waals surface area contributed by atoms with Gasteiger partial charge in [0.15, 0.2) is 0 Å². The fraction of sp³-hybridized carbons (Fsp3) is 0.294. The first-order chi connectivity index (χ1) is 11.5. The number of amides is 2. The number of carboxylic acid groups (broad SMARTS) is 1. The Bertz CT molecular complexity index is 835. The molecule has 2 aliphatic rings. The first kappa shape index (κ1) is 15.5. The Balaban J connectivity index is 1.77. The lowest BCUT2D eigenvalue weighted by molar-refractivity contribution is 0.0951. The minimum absolute atomic E-state index is 0.0436. The van der Waals surface area contributed by atoms with Crippen LogP contribution >= 0.6 is 22.9 Å². The molecule has 0 radical (unpaired) electrons. The standard InChI is InChI=1S/C17H15ClN2O3S/c18-15-11(3-4-24-15)9-1-2-12-13(5-9)16(21)19-6-10-7-20(17(22)23)8-14(10)12/h1-5,10,14H,6-8H2,(H,19,21)(H,22,23)/t10-,14-/m1/s1. The number of carbonyl (C=O) groups is 2. The van der Waals surface area contributed by atoms with Crippen LogP contribution in [-0.4, -0.2) is 41.6 Å². The third-order valence-corrected chi connectivity index (χ3v) is 6.03. The van der Waals surface area contributed by atoms with Gasteiger partial charge >= 0.3 is 6.09 Å². The van der Waals surface area contributed by atoms with E-state index >= 15 is 0 Å². The monoisotopic (exact) mass is 362 g/mol. The van der Waals surface area contributed by atoms with E-state index in [-0.39, 0.29) is 17.7 Å². The summed E-state index contributed by atoms with van der Waals surface area (Å²) in [7, 11) is 0. The Labute approximate surface area is 147 Å². The van der Waals surface area contributed by atoms with Gasteiger partial charge in [0.2, 0.25) is 0 Å². The number of hydrogen-bond acceptors (Lipinski definition) is 3. The van der Waals surface area contributed by atoms with Crippen molar-refractivity contribution in [2.24, 2.45) is 5.92 Å². The molecule has 0 aliphatic carbocycles. The zero-order chi connectivity index (χ0) is 16.8. The lowest BCUT2D eigenvalue weighted by atomic mass is 9.86. The van der Waals surface area contributed by atoms with Gasteiger partial charge in [-0.1, -0.05) is 23.7 Å². The highest BCUT2D eigenvalue weighted by molar-refractivity contribution is 7.15. The molecule has 0 bridgehead atoms. The average molecular weight is 363 g/mol. The maximum atomic E-state index is 12.5. The van der Waals surface area contributed by atoms with Gasteiger partial charge < -0.3 is 15.3 Å². The number of thiophene rings is 1. The highest BCUT2D eigenvalue weighted by atomic mass is 35.5. The third-order valence-electron chi connectivity index (χ3n) is 4.86. The molecule has 3 heterocycles. The molecule has 2 amide bonds. The topological polar surface area (TPSA) is 69.6 Å². The van der Waals surface area contributed by atoms with E-state index in [1.807, 2.05) is 29.6 Å². The van der Waals surface area contributed by atoms with Gasteiger partial charge in [-0.25, -0.2) is 4.79 Å². The van der Waals surface area contributed by atoms with Crippen LogP contribution in [0.3, 0.4) is 0 Å². The molecule has 0 spiro atoms. The van der Waals surface area contributed by atoms with Crippen molar-refractivity contribution in [3.05, 3.63) is 45.1 Å². The maximum Gasteiger partial charge on any atom is 0.407 e. The van der Waals surface area contributed by atoms with Crippen LogP contribution in [-0.2, 0) is 0 Å². The summed E-state index contributed by atoms with van der Waals surface area (Å²) in [6.45, 7) is 1.38. The molecule has 1 saturated heterocycles. The van der Waals surface area contributed by atoms with Crippen LogP contribution in [0.15, 0.2) is 29.6 Å². The largest absolute Gasteiger partial charge is 0.465 e. The molecule has 0 unspecified atom stereocenters. The molecular formula is C17H15ClN2O3S. The van der Waals surface area contributed by atoms with Crippen molar-refractivity contribution in [2.75, 3.05) is 19.6 Å². The van der Waals surface area contributed by atoms with Crippen LogP contribution < -0.4 is 5.32 Å². The highest BCUT2D eigenvalue weighted by Crippen LogP contribution is 2.39. The number of carbonyl (C=O) groups excluding carboxylic acids is 1. The van der Waals surface area contributed by atoms with Crippen LogP contribution in [0.2, 0.25) is 4.34 Å². The molecule has 24 heavy (non-hydrogen) atoms. The zero-order valence-electron chi connectivity index (χ0n) is 12.7. The number of likely N-dealkylation sites (tertiary alicyclic amines) is 1. The van der Waals surface area contributed by atoms with Gasteiger partial charge in [-0.2, -0.15) is 0 Å². The molecule has 1 fully saturated rings. The van der Waals surface area contributed by atoms with Gasteiger partial charge in [-0.3, -0.25) is 4.79 Å². The zero-order valence-corrected chi connectivity index (χ0v) is 14.2. The van der Waals surface area contributed by atoms with Gasteiger partial charge in [0.1, 0.15) is 4.34 Å². The second kappa shape index (κ2) is 5.79. The molecule has 5 nitrogen and oxygen atoms in total. The number of hydrogen-bond donors (Lipinski definition) is 2. The molecule has 1 aromatic heterocycles. The second-order valence-corrected chi connectivity index (χ2v) is 7.69. The van der Waals surface area contributed by atoms with Crippen molar-refractivity contribution in [2.45, 2.75) is 5.92 Å². The fourth-order valence-corrected chi connectivity index (χ4v) is 4.61.